The Kier molecular flexibility index (Phi) is 5.73. The average molecular weight is 368 g/mol. The van der Waals surface area contributed by atoms with Crippen LogP contribution in [0.25, 0.3) is 0 Å². The first-order chi connectivity index (χ1) is 11.4. The molecule has 9 heteroatoms. The smallest absolute Gasteiger partial charge is 0.275 e. The maximum Gasteiger partial charge on any atom is 0.275 e. The van der Waals surface area contributed by atoms with Crippen molar-refractivity contribution in [3.8, 4) is 5.75 Å². The van der Waals surface area contributed by atoms with Crippen LogP contribution in [0, 0.1) is 10.1 Å². The topological polar surface area (TPSA) is 93.8 Å². The highest BCUT2D eigenvalue weighted by atomic mass is 35.5. The summed E-state index contributed by atoms with van der Waals surface area (Å²) in [4.78, 5) is 22.4. The summed E-state index contributed by atoms with van der Waals surface area (Å²) in [5, 5.41) is 15.4. The highest BCUT2D eigenvalue weighted by Gasteiger charge is 2.17. The molecule has 0 aliphatic carbocycles. The molecular weight excluding hydrogens is 357 g/mol. The van der Waals surface area contributed by atoms with E-state index in [1.807, 2.05) is 0 Å². The zero-order valence-electron chi connectivity index (χ0n) is 12.3. The van der Waals surface area contributed by atoms with Gasteiger partial charge in [-0.25, -0.2) is 5.43 Å². The van der Waals surface area contributed by atoms with E-state index >= 15 is 0 Å². The predicted octanol–water partition coefficient (Wildman–Crippen LogP) is 3.67. The Morgan fingerprint density at radius 3 is 2.67 bits per heavy atom. The number of nitro groups is 1. The number of hydrazone groups is 1. The van der Waals surface area contributed by atoms with Gasteiger partial charge in [-0.3, -0.25) is 14.9 Å². The lowest BCUT2D eigenvalue weighted by atomic mass is 10.1. The average Bonchev–Trinajstić information content (AvgIpc) is 2.56. The number of amides is 1. The van der Waals surface area contributed by atoms with Crippen molar-refractivity contribution in [2.45, 2.75) is 0 Å². The van der Waals surface area contributed by atoms with Crippen molar-refractivity contribution in [3.63, 3.8) is 0 Å². The lowest BCUT2D eigenvalue weighted by Gasteiger charge is -2.06. The molecule has 0 unspecified atom stereocenters. The van der Waals surface area contributed by atoms with Gasteiger partial charge in [0.1, 0.15) is 5.75 Å². The van der Waals surface area contributed by atoms with Gasteiger partial charge in [-0.1, -0.05) is 29.3 Å². The standard InChI is InChI=1S/C15H11Cl2N3O4/c1-24-14-5-4-11(20(22)23)7-12(14)15(21)19-18-8-9-2-3-10(16)6-13(9)17/h2-8H,1H3,(H,19,21)/b18-8-. The Labute approximate surface area is 147 Å². The molecule has 0 saturated heterocycles. The third-order valence-electron chi connectivity index (χ3n) is 2.97. The SMILES string of the molecule is COc1ccc([N+](=O)[O-])cc1C(=O)N/N=C\c1ccc(Cl)cc1Cl. The third kappa shape index (κ3) is 4.21. The number of carbonyl (C=O) groups is 1. The maximum atomic E-state index is 12.1. The summed E-state index contributed by atoms with van der Waals surface area (Å²) in [5.74, 6) is -0.463. The van der Waals surface area contributed by atoms with Crippen LogP contribution in [0.2, 0.25) is 10.0 Å². The van der Waals surface area contributed by atoms with E-state index in [4.69, 9.17) is 27.9 Å². The first-order valence-corrected chi connectivity index (χ1v) is 7.29. The van der Waals surface area contributed by atoms with Gasteiger partial charge in [-0.15, -0.1) is 0 Å². The van der Waals surface area contributed by atoms with Gasteiger partial charge in [0, 0.05) is 22.7 Å². The number of nitrogens with one attached hydrogen (secondary N) is 1. The second-order valence-corrected chi connectivity index (χ2v) is 5.35. The molecule has 0 radical (unpaired) electrons. The van der Waals surface area contributed by atoms with Crippen molar-refractivity contribution in [1.29, 1.82) is 0 Å². The molecule has 2 aromatic carbocycles. The number of nitrogens with zero attached hydrogens (tertiary/aromatic N) is 2. The van der Waals surface area contributed by atoms with E-state index in [-0.39, 0.29) is 17.0 Å². The molecule has 1 amide bonds. The normalized spacial score (nSPS) is 10.6. The van der Waals surface area contributed by atoms with Crippen molar-refractivity contribution in [3.05, 3.63) is 67.7 Å². The largest absolute Gasteiger partial charge is 0.496 e. The van der Waals surface area contributed by atoms with Crippen LogP contribution in [0.5, 0.6) is 5.75 Å². The molecule has 0 bridgehead atoms. The molecule has 0 fully saturated rings. The molecule has 2 aromatic rings. The summed E-state index contributed by atoms with van der Waals surface area (Å²) in [5.41, 5.74) is 2.58. The van der Waals surface area contributed by atoms with E-state index in [1.54, 1.807) is 12.1 Å². The number of hydrogen-bond donors (Lipinski definition) is 1. The lowest BCUT2D eigenvalue weighted by Crippen LogP contribution is -2.18. The number of hydrogen-bond acceptors (Lipinski definition) is 5. The Bertz CT molecular complexity index is 824. The summed E-state index contributed by atoms with van der Waals surface area (Å²) < 4.78 is 5.03. The van der Waals surface area contributed by atoms with E-state index in [9.17, 15) is 14.9 Å². The van der Waals surface area contributed by atoms with Crippen LogP contribution in [-0.4, -0.2) is 24.2 Å². The van der Waals surface area contributed by atoms with Gasteiger partial charge in [0.25, 0.3) is 11.6 Å². The molecule has 1 N–H and O–H groups in total. The zero-order chi connectivity index (χ0) is 17.7. The van der Waals surface area contributed by atoms with Crippen LogP contribution in [0.1, 0.15) is 15.9 Å². The minimum Gasteiger partial charge on any atom is -0.496 e. The minimum absolute atomic E-state index is 0.00828. The summed E-state index contributed by atoms with van der Waals surface area (Å²) in [6.45, 7) is 0. The highest BCUT2D eigenvalue weighted by molar-refractivity contribution is 6.36. The summed E-state index contributed by atoms with van der Waals surface area (Å²) in [6, 6.07) is 8.49. The highest BCUT2D eigenvalue weighted by Crippen LogP contribution is 2.24. The monoisotopic (exact) mass is 367 g/mol. The number of halogens is 2. The van der Waals surface area contributed by atoms with Crippen LogP contribution in [0.4, 0.5) is 5.69 Å². The minimum atomic E-state index is -0.656. The fraction of sp³-hybridized carbons (Fsp3) is 0.0667. The Morgan fingerprint density at radius 2 is 2.04 bits per heavy atom. The summed E-state index contributed by atoms with van der Waals surface area (Å²) in [7, 11) is 1.36. The van der Waals surface area contributed by atoms with Crippen LogP contribution in [0.3, 0.4) is 0 Å². The first-order valence-electron chi connectivity index (χ1n) is 6.53. The molecule has 124 valence electrons. The van der Waals surface area contributed by atoms with E-state index < -0.39 is 10.8 Å². The third-order valence-corrected chi connectivity index (χ3v) is 3.53. The number of ether oxygens (including phenoxy) is 1. The van der Waals surface area contributed by atoms with E-state index in [1.165, 1.54) is 31.5 Å². The van der Waals surface area contributed by atoms with E-state index in [0.717, 1.165) is 6.07 Å². The zero-order valence-corrected chi connectivity index (χ0v) is 13.8. The quantitative estimate of drug-likeness (QED) is 0.495. The first kappa shape index (κ1) is 17.7. The van der Waals surface area contributed by atoms with Crippen LogP contribution in [-0.2, 0) is 0 Å². The molecule has 0 aliphatic rings. The van der Waals surface area contributed by atoms with Gasteiger partial charge in [0.2, 0.25) is 0 Å². The van der Waals surface area contributed by atoms with Crippen molar-refractivity contribution >= 4 is 41.0 Å². The second kappa shape index (κ2) is 7.76. The molecule has 0 heterocycles. The predicted molar refractivity (Wildman–Crippen MR) is 91.2 cm³/mol. The summed E-state index contributed by atoms with van der Waals surface area (Å²) >= 11 is 11.8. The lowest BCUT2D eigenvalue weighted by molar-refractivity contribution is -0.384. The van der Waals surface area contributed by atoms with Crippen LogP contribution < -0.4 is 10.2 Å². The summed E-state index contributed by atoms with van der Waals surface area (Å²) in [6.07, 6.45) is 1.33. The van der Waals surface area contributed by atoms with Gasteiger partial charge in [0.15, 0.2) is 0 Å². The number of methoxy groups -OCH3 is 1. The number of carbonyl (C=O) groups excluding carboxylic acids is 1. The number of rotatable bonds is 5. The molecule has 0 saturated carbocycles. The number of nitro benzene ring substituents is 1. The van der Waals surface area contributed by atoms with Crippen molar-refractivity contribution < 1.29 is 14.5 Å². The van der Waals surface area contributed by atoms with Crippen molar-refractivity contribution in [2.75, 3.05) is 7.11 Å². The van der Waals surface area contributed by atoms with Gasteiger partial charge in [-0.2, -0.15) is 5.10 Å². The fourth-order valence-electron chi connectivity index (χ4n) is 1.81. The maximum absolute atomic E-state index is 12.1. The van der Waals surface area contributed by atoms with Crippen molar-refractivity contribution in [2.24, 2.45) is 5.10 Å². The molecule has 0 spiro atoms. The molecule has 0 atom stereocenters. The molecular formula is C15H11Cl2N3O4. The molecule has 7 nitrogen and oxygen atoms in total. The fourth-order valence-corrected chi connectivity index (χ4v) is 2.27. The second-order valence-electron chi connectivity index (χ2n) is 4.51. The van der Waals surface area contributed by atoms with Gasteiger partial charge >= 0.3 is 0 Å². The van der Waals surface area contributed by atoms with Crippen LogP contribution in [0.15, 0.2) is 41.5 Å². The number of benzene rings is 2. The van der Waals surface area contributed by atoms with Crippen molar-refractivity contribution in [1.82, 2.24) is 5.43 Å². The molecule has 2 rings (SSSR count). The molecule has 0 aliphatic heterocycles. The van der Waals surface area contributed by atoms with Crippen LogP contribution >= 0.6 is 23.2 Å². The Balaban J connectivity index is 2.18. The molecule has 0 aromatic heterocycles. The van der Waals surface area contributed by atoms with Gasteiger partial charge < -0.3 is 4.74 Å². The van der Waals surface area contributed by atoms with Gasteiger partial charge in [0.05, 0.1) is 28.8 Å². The Morgan fingerprint density at radius 1 is 1.29 bits per heavy atom. The Hall–Kier alpha value is -2.64. The van der Waals surface area contributed by atoms with E-state index in [0.29, 0.717) is 15.6 Å². The van der Waals surface area contributed by atoms with Gasteiger partial charge in [-0.05, 0) is 18.2 Å². The number of non-ortho nitro benzene ring substituents is 1. The molecule has 24 heavy (non-hydrogen) atoms. The van der Waals surface area contributed by atoms with E-state index in [2.05, 4.69) is 10.5 Å².